The molecule has 0 aromatic carbocycles. The van der Waals surface area contributed by atoms with E-state index in [0.29, 0.717) is 11.5 Å². The van der Waals surface area contributed by atoms with Crippen molar-refractivity contribution in [2.75, 3.05) is 14.1 Å². The highest BCUT2D eigenvalue weighted by Crippen LogP contribution is 2.20. The molecule has 134 valence electrons. The monoisotopic (exact) mass is 342 g/mol. The maximum Gasteiger partial charge on any atom is 0.253 e. The summed E-state index contributed by atoms with van der Waals surface area (Å²) in [7, 11) is 3.99. The minimum Gasteiger partial charge on any atom is -0.347 e. The maximum absolute atomic E-state index is 12.5. The predicted octanol–water partition coefficient (Wildman–Crippen LogP) is 1.60. The molecule has 1 aliphatic heterocycles. The number of hydrogen-bond acceptors (Lipinski definition) is 5. The van der Waals surface area contributed by atoms with Crippen LogP contribution < -0.4 is 5.32 Å². The van der Waals surface area contributed by atoms with Crippen molar-refractivity contribution in [2.24, 2.45) is 0 Å². The Bertz CT molecular complexity index is 735. The molecule has 2 aromatic rings. The third kappa shape index (κ3) is 4.04. The summed E-state index contributed by atoms with van der Waals surface area (Å²) in [6.45, 7) is 5.72. The lowest BCUT2D eigenvalue weighted by Gasteiger charge is -2.26. The molecule has 7 nitrogen and oxygen atoms in total. The van der Waals surface area contributed by atoms with Crippen LogP contribution in [0, 0.1) is 0 Å². The zero-order valence-electron chi connectivity index (χ0n) is 15.4. The molecule has 3 rings (SSSR count). The van der Waals surface area contributed by atoms with Crippen LogP contribution in [0.5, 0.6) is 0 Å². The molecule has 0 aliphatic carbocycles. The highest BCUT2D eigenvalue weighted by atomic mass is 16.1. The van der Waals surface area contributed by atoms with Gasteiger partial charge in [0.2, 0.25) is 0 Å². The van der Waals surface area contributed by atoms with Gasteiger partial charge in [-0.2, -0.15) is 0 Å². The molecule has 1 aliphatic rings. The number of carbonyl (C=O) groups is 1. The number of pyridine rings is 1. The summed E-state index contributed by atoms with van der Waals surface area (Å²) in [6, 6.07) is 3.84. The summed E-state index contributed by atoms with van der Waals surface area (Å²) in [5.41, 5.74) is 1.55. The number of aromatic nitrogens is 4. The first-order valence-corrected chi connectivity index (χ1v) is 8.76. The van der Waals surface area contributed by atoms with E-state index in [0.717, 1.165) is 43.3 Å². The molecule has 1 N–H and O–H groups in total. The summed E-state index contributed by atoms with van der Waals surface area (Å²) in [6.07, 6.45) is 3.37. The van der Waals surface area contributed by atoms with Gasteiger partial charge in [-0.3, -0.25) is 9.78 Å². The van der Waals surface area contributed by atoms with Crippen molar-refractivity contribution < 1.29 is 4.79 Å². The third-order valence-corrected chi connectivity index (χ3v) is 4.39. The molecule has 3 heterocycles. The second-order valence-electron chi connectivity index (χ2n) is 7.22. The van der Waals surface area contributed by atoms with Gasteiger partial charge in [-0.1, -0.05) is 13.8 Å². The molecular formula is C18H26N6O. The Hall–Kier alpha value is -2.28. The number of rotatable bonds is 5. The van der Waals surface area contributed by atoms with Gasteiger partial charge in [0.25, 0.3) is 5.91 Å². The molecule has 0 saturated heterocycles. The Kier molecular flexibility index (Phi) is 5.13. The van der Waals surface area contributed by atoms with E-state index in [1.54, 1.807) is 6.20 Å². The van der Waals surface area contributed by atoms with Gasteiger partial charge >= 0.3 is 0 Å². The van der Waals surface area contributed by atoms with E-state index >= 15 is 0 Å². The molecule has 0 fully saturated rings. The molecule has 0 bridgehead atoms. The summed E-state index contributed by atoms with van der Waals surface area (Å²) < 4.78 is 2.15. The van der Waals surface area contributed by atoms with Crippen LogP contribution in [0.25, 0.3) is 0 Å². The topological polar surface area (TPSA) is 75.9 Å². The summed E-state index contributed by atoms with van der Waals surface area (Å²) in [5, 5.41) is 11.7. The number of nitrogens with one attached hydrogen (secondary N) is 1. The highest BCUT2D eigenvalue weighted by molar-refractivity contribution is 5.94. The van der Waals surface area contributed by atoms with Crippen molar-refractivity contribution >= 4 is 5.91 Å². The van der Waals surface area contributed by atoms with E-state index in [4.69, 9.17) is 0 Å². The standard InChI is InChI=1S/C18H26N6O/c1-12(2)17-22-21-16-8-7-15(11-24(16)17)20-18(25)13-5-6-14(19-9-13)10-23(3)4/h5-6,9,12,15H,7-8,10-11H2,1-4H3,(H,20,25). The van der Waals surface area contributed by atoms with E-state index < -0.39 is 0 Å². The largest absolute Gasteiger partial charge is 0.347 e. The summed E-state index contributed by atoms with van der Waals surface area (Å²) in [5.74, 6) is 2.26. The van der Waals surface area contributed by atoms with Crippen molar-refractivity contribution in [3.8, 4) is 0 Å². The first kappa shape index (κ1) is 17.5. The molecule has 0 saturated carbocycles. The Balaban J connectivity index is 1.64. The fourth-order valence-electron chi connectivity index (χ4n) is 3.14. The van der Waals surface area contributed by atoms with Gasteiger partial charge < -0.3 is 14.8 Å². The normalized spacial score (nSPS) is 17.0. The zero-order chi connectivity index (χ0) is 18.0. The second-order valence-corrected chi connectivity index (χ2v) is 7.22. The molecular weight excluding hydrogens is 316 g/mol. The average molecular weight is 342 g/mol. The minimum atomic E-state index is -0.0727. The van der Waals surface area contributed by atoms with Crippen LogP contribution in [0.3, 0.4) is 0 Å². The van der Waals surface area contributed by atoms with Crippen molar-refractivity contribution in [1.82, 2.24) is 30.0 Å². The van der Waals surface area contributed by atoms with Crippen LogP contribution in [-0.4, -0.2) is 50.7 Å². The van der Waals surface area contributed by atoms with Gasteiger partial charge in [-0.25, -0.2) is 0 Å². The van der Waals surface area contributed by atoms with Crippen molar-refractivity contribution in [2.45, 2.75) is 51.7 Å². The molecule has 25 heavy (non-hydrogen) atoms. The average Bonchev–Trinajstić information content (AvgIpc) is 2.98. The summed E-state index contributed by atoms with van der Waals surface area (Å²) in [4.78, 5) is 18.9. The van der Waals surface area contributed by atoms with E-state index in [1.165, 1.54) is 0 Å². The van der Waals surface area contributed by atoms with Crippen LogP contribution in [-0.2, 0) is 19.5 Å². The Morgan fingerprint density at radius 1 is 1.36 bits per heavy atom. The van der Waals surface area contributed by atoms with E-state index in [2.05, 4.69) is 38.9 Å². The van der Waals surface area contributed by atoms with E-state index in [9.17, 15) is 4.79 Å². The van der Waals surface area contributed by atoms with Crippen LogP contribution in [0.4, 0.5) is 0 Å². The van der Waals surface area contributed by atoms with E-state index in [1.807, 2.05) is 31.1 Å². The van der Waals surface area contributed by atoms with Gasteiger partial charge in [0.15, 0.2) is 0 Å². The van der Waals surface area contributed by atoms with Gasteiger partial charge in [0.05, 0.1) is 11.3 Å². The Morgan fingerprint density at radius 2 is 2.16 bits per heavy atom. The lowest BCUT2D eigenvalue weighted by atomic mass is 10.1. The van der Waals surface area contributed by atoms with Crippen molar-refractivity contribution in [1.29, 1.82) is 0 Å². The zero-order valence-corrected chi connectivity index (χ0v) is 15.4. The fourth-order valence-corrected chi connectivity index (χ4v) is 3.14. The third-order valence-electron chi connectivity index (χ3n) is 4.39. The predicted molar refractivity (Wildman–Crippen MR) is 95.3 cm³/mol. The van der Waals surface area contributed by atoms with Crippen molar-refractivity contribution in [3.63, 3.8) is 0 Å². The number of carbonyl (C=O) groups excluding carboxylic acids is 1. The van der Waals surface area contributed by atoms with Gasteiger partial charge in [0, 0.05) is 37.7 Å². The number of fused-ring (bicyclic) bond motifs is 1. The van der Waals surface area contributed by atoms with Crippen LogP contribution >= 0.6 is 0 Å². The number of aryl methyl sites for hydroxylation is 1. The first-order chi connectivity index (χ1) is 11.9. The van der Waals surface area contributed by atoms with Crippen LogP contribution in [0.2, 0.25) is 0 Å². The minimum absolute atomic E-state index is 0.0727. The lowest BCUT2D eigenvalue weighted by Crippen LogP contribution is -2.41. The lowest BCUT2D eigenvalue weighted by molar-refractivity contribution is 0.0927. The number of nitrogens with zero attached hydrogens (tertiary/aromatic N) is 5. The smallest absolute Gasteiger partial charge is 0.253 e. The first-order valence-electron chi connectivity index (χ1n) is 8.76. The summed E-state index contributed by atoms with van der Waals surface area (Å²) >= 11 is 0. The van der Waals surface area contributed by atoms with Gasteiger partial charge in [0.1, 0.15) is 11.6 Å². The van der Waals surface area contributed by atoms with Crippen LogP contribution in [0.15, 0.2) is 18.3 Å². The van der Waals surface area contributed by atoms with Gasteiger partial charge in [-0.05, 0) is 32.6 Å². The Morgan fingerprint density at radius 3 is 2.80 bits per heavy atom. The molecule has 0 radical (unpaired) electrons. The highest BCUT2D eigenvalue weighted by Gasteiger charge is 2.25. The molecule has 7 heteroatoms. The fraction of sp³-hybridized carbons (Fsp3) is 0.556. The number of amides is 1. The molecule has 2 aromatic heterocycles. The molecule has 1 atom stereocenters. The maximum atomic E-state index is 12.5. The number of hydrogen-bond donors (Lipinski definition) is 1. The van der Waals surface area contributed by atoms with Gasteiger partial charge in [-0.15, -0.1) is 10.2 Å². The quantitative estimate of drug-likeness (QED) is 0.893. The second kappa shape index (κ2) is 7.31. The Labute approximate surface area is 148 Å². The van der Waals surface area contributed by atoms with E-state index in [-0.39, 0.29) is 11.9 Å². The van der Waals surface area contributed by atoms with Crippen molar-refractivity contribution in [3.05, 3.63) is 41.2 Å². The molecule has 1 amide bonds. The SMILES string of the molecule is CC(C)c1nnc2n1CC(NC(=O)c1ccc(CN(C)C)nc1)CC2. The van der Waals surface area contributed by atoms with Crippen LogP contribution in [0.1, 0.15) is 53.9 Å². The molecule has 1 unspecified atom stereocenters. The molecule has 0 spiro atoms.